The first-order chi connectivity index (χ1) is 15.6. The Morgan fingerprint density at radius 3 is 2.84 bits per heavy atom. The van der Waals surface area contributed by atoms with Crippen molar-refractivity contribution in [3.63, 3.8) is 0 Å². The Kier molecular flexibility index (Phi) is 5.46. The maximum absolute atomic E-state index is 11.6. The molecule has 0 aromatic carbocycles. The molecule has 32 heavy (non-hydrogen) atoms. The van der Waals surface area contributed by atoms with Gasteiger partial charge in [0.25, 0.3) is 0 Å². The molecule has 5 rings (SSSR count). The van der Waals surface area contributed by atoms with Crippen molar-refractivity contribution in [3.05, 3.63) is 47.6 Å². The molecule has 4 heterocycles. The fraction of sp³-hybridized carbons (Fsp3) is 0.435. The van der Waals surface area contributed by atoms with Gasteiger partial charge in [-0.05, 0) is 49.8 Å². The molecule has 1 aliphatic heterocycles. The van der Waals surface area contributed by atoms with E-state index in [-0.39, 0.29) is 11.9 Å². The zero-order valence-electron chi connectivity index (χ0n) is 18.4. The maximum Gasteiger partial charge on any atom is 0.226 e. The summed E-state index contributed by atoms with van der Waals surface area (Å²) in [6, 6.07) is 4.26. The molecule has 0 spiro atoms. The van der Waals surface area contributed by atoms with E-state index in [4.69, 9.17) is 14.7 Å². The van der Waals surface area contributed by atoms with Gasteiger partial charge in [0, 0.05) is 37.8 Å². The number of aromatic nitrogens is 5. The molecule has 1 fully saturated rings. The van der Waals surface area contributed by atoms with Crippen LogP contribution in [-0.2, 0) is 11.2 Å². The molecular formula is C23H27N7O2. The molecule has 0 bridgehead atoms. The number of pyridine rings is 1. The first-order valence-corrected chi connectivity index (χ1v) is 11.1. The number of hydrogen-bond donors (Lipinski definition) is 1. The number of hydrogen-bond acceptors (Lipinski definition) is 7. The lowest BCUT2D eigenvalue weighted by atomic mass is 9.98. The third kappa shape index (κ3) is 3.90. The number of aryl methyl sites for hydroxylation is 1. The van der Waals surface area contributed by atoms with Crippen LogP contribution in [0.5, 0.6) is 5.88 Å². The minimum atomic E-state index is 0.134. The fourth-order valence-corrected chi connectivity index (χ4v) is 4.53. The van der Waals surface area contributed by atoms with Gasteiger partial charge in [-0.2, -0.15) is 10.1 Å². The zero-order chi connectivity index (χ0) is 22.1. The SMILES string of the molecule is COc1nc(NC2CCN(C(C)=O)CC2)nc2c1C(c1ccc3ncnn3c1)=CCCC2. The number of ether oxygens (including phenoxy) is 1. The van der Waals surface area contributed by atoms with Crippen LogP contribution in [0.15, 0.2) is 30.7 Å². The van der Waals surface area contributed by atoms with Crippen molar-refractivity contribution >= 4 is 23.1 Å². The van der Waals surface area contributed by atoms with Gasteiger partial charge in [-0.15, -0.1) is 0 Å². The molecule has 1 N–H and O–H groups in total. The highest BCUT2D eigenvalue weighted by atomic mass is 16.5. The van der Waals surface area contributed by atoms with Crippen LogP contribution in [0.2, 0.25) is 0 Å². The number of fused-ring (bicyclic) bond motifs is 2. The molecule has 166 valence electrons. The molecule has 0 saturated carbocycles. The van der Waals surface area contributed by atoms with Crippen molar-refractivity contribution in [2.45, 2.75) is 45.1 Å². The summed E-state index contributed by atoms with van der Waals surface area (Å²) in [5.74, 6) is 1.30. The maximum atomic E-state index is 11.6. The van der Waals surface area contributed by atoms with Crippen LogP contribution in [0, 0.1) is 0 Å². The van der Waals surface area contributed by atoms with Crippen molar-refractivity contribution in [1.82, 2.24) is 29.5 Å². The Balaban J connectivity index is 1.46. The fourth-order valence-electron chi connectivity index (χ4n) is 4.53. The number of piperidine rings is 1. The quantitative estimate of drug-likeness (QED) is 0.676. The number of amides is 1. The summed E-state index contributed by atoms with van der Waals surface area (Å²) in [4.78, 5) is 27.3. The van der Waals surface area contributed by atoms with E-state index < -0.39 is 0 Å². The molecule has 1 aliphatic carbocycles. The highest BCUT2D eigenvalue weighted by Gasteiger charge is 2.25. The second-order valence-electron chi connectivity index (χ2n) is 8.29. The van der Waals surface area contributed by atoms with Gasteiger partial charge in [0.1, 0.15) is 6.33 Å². The van der Waals surface area contributed by atoms with E-state index in [1.54, 1.807) is 24.9 Å². The van der Waals surface area contributed by atoms with Gasteiger partial charge >= 0.3 is 0 Å². The third-order valence-corrected chi connectivity index (χ3v) is 6.24. The Bertz CT molecular complexity index is 1180. The average Bonchev–Trinajstić information content (AvgIpc) is 3.17. The van der Waals surface area contributed by atoms with Gasteiger partial charge in [0.05, 0.1) is 18.4 Å². The van der Waals surface area contributed by atoms with Crippen LogP contribution in [0.3, 0.4) is 0 Å². The van der Waals surface area contributed by atoms with E-state index in [1.807, 2.05) is 17.2 Å². The molecule has 0 unspecified atom stereocenters. The number of likely N-dealkylation sites (tertiary alicyclic amines) is 1. The number of allylic oxidation sites excluding steroid dienone is 1. The predicted octanol–water partition coefficient (Wildman–Crippen LogP) is 2.72. The summed E-state index contributed by atoms with van der Waals surface area (Å²) >= 11 is 0. The Hall–Kier alpha value is -3.49. The predicted molar refractivity (Wildman–Crippen MR) is 120 cm³/mol. The summed E-state index contributed by atoms with van der Waals surface area (Å²) in [5.41, 5.74) is 4.84. The number of carbonyl (C=O) groups is 1. The number of carbonyl (C=O) groups excluding carboxylic acids is 1. The number of methoxy groups -OCH3 is 1. The molecule has 1 amide bonds. The van der Waals surface area contributed by atoms with Crippen LogP contribution >= 0.6 is 0 Å². The number of rotatable bonds is 4. The zero-order valence-corrected chi connectivity index (χ0v) is 18.4. The van der Waals surface area contributed by atoms with E-state index >= 15 is 0 Å². The summed E-state index contributed by atoms with van der Waals surface area (Å²) in [6.07, 6.45) is 10.4. The first-order valence-electron chi connectivity index (χ1n) is 11.1. The topological polar surface area (TPSA) is 97.5 Å². The van der Waals surface area contributed by atoms with E-state index in [0.717, 1.165) is 73.2 Å². The molecule has 3 aromatic rings. The lowest BCUT2D eigenvalue weighted by Crippen LogP contribution is -2.41. The van der Waals surface area contributed by atoms with Gasteiger partial charge in [-0.25, -0.2) is 14.5 Å². The number of nitrogens with one attached hydrogen (secondary N) is 1. The highest BCUT2D eigenvalue weighted by Crippen LogP contribution is 2.36. The largest absolute Gasteiger partial charge is 0.480 e. The normalized spacial score (nSPS) is 16.9. The molecule has 1 saturated heterocycles. The van der Waals surface area contributed by atoms with Crippen LogP contribution in [-0.4, -0.2) is 61.6 Å². The summed E-state index contributed by atoms with van der Waals surface area (Å²) in [5, 5.41) is 7.75. The van der Waals surface area contributed by atoms with Gasteiger partial charge in [-0.1, -0.05) is 6.08 Å². The average molecular weight is 434 g/mol. The minimum absolute atomic E-state index is 0.134. The van der Waals surface area contributed by atoms with Gasteiger partial charge < -0.3 is 15.0 Å². The monoisotopic (exact) mass is 433 g/mol. The Morgan fingerprint density at radius 2 is 2.06 bits per heavy atom. The van der Waals surface area contributed by atoms with Crippen molar-refractivity contribution in [2.24, 2.45) is 0 Å². The standard InChI is InChI=1S/C23H27N7O2/c1-15(31)29-11-9-17(10-12-29)26-23-27-19-6-4-3-5-18(21(19)22(28-23)32-2)16-7-8-20-24-14-25-30(20)13-16/h5,7-8,13-14,17H,3-4,6,9-12H2,1-2H3,(H,26,27,28). The molecule has 0 radical (unpaired) electrons. The molecule has 9 heteroatoms. The van der Waals surface area contributed by atoms with E-state index in [1.165, 1.54) is 0 Å². The van der Waals surface area contributed by atoms with E-state index in [2.05, 4.69) is 27.5 Å². The molecule has 0 atom stereocenters. The van der Waals surface area contributed by atoms with Crippen molar-refractivity contribution in [3.8, 4) is 5.88 Å². The second-order valence-corrected chi connectivity index (χ2v) is 8.29. The van der Waals surface area contributed by atoms with Crippen molar-refractivity contribution in [2.75, 3.05) is 25.5 Å². The van der Waals surface area contributed by atoms with E-state index in [0.29, 0.717) is 11.8 Å². The summed E-state index contributed by atoms with van der Waals surface area (Å²) < 4.78 is 7.53. The minimum Gasteiger partial charge on any atom is -0.480 e. The van der Waals surface area contributed by atoms with Gasteiger partial charge in [-0.3, -0.25) is 4.79 Å². The molecule has 3 aromatic heterocycles. The Labute approximate surface area is 186 Å². The van der Waals surface area contributed by atoms with Crippen molar-refractivity contribution < 1.29 is 9.53 Å². The first kappa shape index (κ1) is 20.4. The molecule has 9 nitrogen and oxygen atoms in total. The smallest absolute Gasteiger partial charge is 0.226 e. The van der Waals surface area contributed by atoms with Gasteiger partial charge in [0.15, 0.2) is 5.65 Å². The highest BCUT2D eigenvalue weighted by molar-refractivity contribution is 5.84. The molecular weight excluding hydrogens is 406 g/mol. The summed E-state index contributed by atoms with van der Waals surface area (Å²) in [6.45, 7) is 3.14. The molecule has 2 aliphatic rings. The Morgan fingerprint density at radius 1 is 1.22 bits per heavy atom. The van der Waals surface area contributed by atoms with Crippen molar-refractivity contribution in [1.29, 1.82) is 0 Å². The lowest BCUT2D eigenvalue weighted by Gasteiger charge is -2.31. The van der Waals surface area contributed by atoms with Crippen LogP contribution in [0.25, 0.3) is 11.2 Å². The van der Waals surface area contributed by atoms with Gasteiger partial charge in [0.2, 0.25) is 17.7 Å². The lowest BCUT2D eigenvalue weighted by molar-refractivity contribution is -0.129. The third-order valence-electron chi connectivity index (χ3n) is 6.24. The van der Waals surface area contributed by atoms with Crippen LogP contribution < -0.4 is 10.1 Å². The summed E-state index contributed by atoms with van der Waals surface area (Å²) in [7, 11) is 1.65. The van der Waals surface area contributed by atoms with E-state index in [9.17, 15) is 4.79 Å². The van der Waals surface area contributed by atoms with Crippen LogP contribution in [0.1, 0.15) is 49.4 Å². The van der Waals surface area contributed by atoms with Crippen LogP contribution in [0.4, 0.5) is 5.95 Å². The second kappa shape index (κ2) is 8.57. The number of nitrogens with zero attached hydrogens (tertiary/aromatic N) is 6. The number of anilines is 1.